The maximum Gasteiger partial charge on any atom is 0.303 e. The predicted octanol–water partition coefficient (Wildman–Crippen LogP) is 4.62. The van der Waals surface area contributed by atoms with E-state index in [1.807, 2.05) is 6.08 Å². The molecule has 35 heavy (non-hydrogen) atoms. The summed E-state index contributed by atoms with van der Waals surface area (Å²) < 4.78 is 17.5. The van der Waals surface area contributed by atoms with E-state index in [1.165, 1.54) is 24.5 Å². The summed E-state index contributed by atoms with van der Waals surface area (Å²) in [5, 5.41) is 30.4. The van der Waals surface area contributed by atoms with Gasteiger partial charge in [-0.3, -0.25) is 19.7 Å². The minimum absolute atomic E-state index is 0.0229. The number of allylic oxidation sites excluding steroid dienone is 2. The third-order valence-corrected chi connectivity index (χ3v) is 5.78. The molecular weight excluding hydrogens is 458 g/mol. The second-order valence-electron chi connectivity index (χ2n) is 8.14. The fourth-order valence-electron chi connectivity index (χ4n) is 4.00. The number of carboxylic acids is 1. The molecule has 4 rings (SSSR count). The summed E-state index contributed by atoms with van der Waals surface area (Å²) in [6, 6.07) is 10.5. The molecule has 0 spiro atoms. The Kier molecular flexibility index (Phi) is 7.23. The number of nitrogens with zero attached hydrogens (tertiary/aromatic N) is 1. The smallest absolute Gasteiger partial charge is 0.303 e. The summed E-state index contributed by atoms with van der Waals surface area (Å²) in [5.41, 5.74) is 0.0125. The molecule has 1 aliphatic rings. The molecule has 1 aliphatic heterocycles. The zero-order valence-corrected chi connectivity index (χ0v) is 18.5. The summed E-state index contributed by atoms with van der Waals surface area (Å²) >= 11 is 0. The number of phenolic OH excluding ortho intramolecular Hbond substituents is 1. The lowest BCUT2D eigenvalue weighted by molar-refractivity contribution is -0.384. The largest absolute Gasteiger partial charge is 0.508 e. The number of carbonyl (C=O) groups is 1. The molecule has 10 nitrogen and oxygen atoms in total. The maximum atomic E-state index is 13.1. The molecule has 0 amide bonds. The van der Waals surface area contributed by atoms with Gasteiger partial charge in [-0.15, -0.1) is 0 Å². The SMILES string of the molecule is O=C(O)CC/C=C\C[C@@H]1COC(c2coc3ccc([N+](=O)[O-])cc3c2=O)O[C@@H]1c1ccccc1O. The molecule has 182 valence electrons. The van der Waals surface area contributed by atoms with Gasteiger partial charge in [-0.1, -0.05) is 30.4 Å². The van der Waals surface area contributed by atoms with Gasteiger partial charge in [0, 0.05) is 30.0 Å². The number of nitro groups is 1. The normalized spacial score (nSPS) is 20.3. The second kappa shape index (κ2) is 10.5. The molecule has 3 atom stereocenters. The average Bonchev–Trinajstić information content (AvgIpc) is 2.84. The third-order valence-electron chi connectivity index (χ3n) is 5.78. The number of hydrogen-bond acceptors (Lipinski definition) is 8. The molecule has 0 saturated carbocycles. The number of aromatic hydroxyl groups is 1. The quantitative estimate of drug-likeness (QED) is 0.267. The molecule has 1 saturated heterocycles. The van der Waals surface area contributed by atoms with E-state index < -0.39 is 28.7 Å². The first kappa shape index (κ1) is 24.1. The van der Waals surface area contributed by atoms with E-state index in [4.69, 9.17) is 19.0 Å². The minimum Gasteiger partial charge on any atom is -0.508 e. The molecule has 0 bridgehead atoms. The van der Waals surface area contributed by atoms with Crippen molar-refractivity contribution in [2.45, 2.75) is 31.7 Å². The lowest BCUT2D eigenvalue weighted by atomic mass is 9.91. The monoisotopic (exact) mass is 481 g/mol. The van der Waals surface area contributed by atoms with Crippen LogP contribution in [0.1, 0.15) is 42.8 Å². The van der Waals surface area contributed by atoms with Crippen LogP contribution in [0.25, 0.3) is 11.0 Å². The van der Waals surface area contributed by atoms with Gasteiger partial charge < -0.3 is 24.1 Å². The molecule has 10 heteroatoms. The first-order valence-corrected chi connectivity index (χ1v) is 11.0. The minimum atomic E-state index is -1.12. The number of nitro benzene ring substituents is 1. The highest BCUT2D eigenvalue weighted by atomic mass is 16.7. The molecule has 2 heterocycles. The molecule has 2 N–H and O–H groups in total. The number of benzene rings is 2. The van der Waals surface area contributed by atoms with Crippen LogP contribution in [0.5, 0.6) is 5.75 Å². The number of rotatable bonds is 8. The molecule has 1 fully saturated rings. The Morgan fingerprint density at radius 2 is 1.97 bits per heavy atom. The Morgan fingerprint density at radius 1 is 1.17 bits per heavy atom. The van der Waals surface area contributed by atoms with Crippen LogP contribution in [0.2, 0.25) is 0 Å². The van der Waals surface area contributed by atoms with Gasteiger partial charge in [-0.05, 0) is 25.0 Å². The highest BCUT2D eigenvalue weighted by molar-refractivity contribution is 5.79. The number of para-hydroxylation sites is 1. The number of fused-ring (bicyclic) bond motifs is 1. The van der Waals surface area contributed by atoms with Gasteiger partial charge >= 0.3 is 5.97 Å². The molecule has 2 aromatic carbocycles. The van der Waals surface area contributed by atoms with E-state index in [1.54, 1.807) is 24.3 Å². The van der Waals surface area contributed by atoms with Crippen LogP contribution in [0.4, 0.5) is 5.69 Å². The number of hydrogen-bond donors (Lipinski definition) is 2. The summed E-state index contributed by atoms with van der Waals surface area (Å²) in [7, 11) is 0. The van der Waals surface area contributed by atoms with Crippen molar-refractivity contribution in [1.82, 2.24) is 0 Å². The van der Waals surface area contributed by atoms with Crippen LogP contribution in [0.3, 0.4) is 0 Å². The predicted molar refractivity (Wildman–Crippen MR) is 124 cm³/mol. The van der Waals surface area contributed by atoms with Gasteiger partial charge in [-0.2, -0.15) is 0 Å². The summed E-state index contributed by atoms with van der Waals surface area (Å²) in [6.07, 6.45) is 3.97. The zero-order chi connectivity index (χ0) is 24.9. The van der Waals surface area contributed by atoms with Crippen molar-refractivity contribution in [1.29, 1.82) is 0 Å². The van der Waals surface area contributed by atoms with Crippen molar-refractivity contribution in [3.8, 4) is 5.75 Å². The van der Waals surface area contributed by atoms with Crippen molar-refractivity contribution in [3.05, 3.63) is 92.3 Å². The number of carboxylic acid groups (broad SMARTS) is 1. The average molecular weight is 481 g/mol. The number of phenols is 1. The van der Waals surface area contributed by atoms with Crippen molar-refractivity contribution in [3.63, 3.8) is 0 Å². The van der Waals surface area contributed by atoms with Gasteiger partial charge in [0.05, 0.1) is 28.6 Å². The van der Waals surface area contributed by atoms with Gasteiger partial charge in [0.15, 0.2) is 6.29 Å². The van der Waals surface area contributed by atoms with E-state index in [-0.39, 0.29) is 46.9 Å². The van der Waals surface area contributed by atoms with E-state index >= 15 is 0 Å². The van der Waals surface area contributed by atoms with E-state index in [0.29, 0.717) is 18.4 Å². The van der Waals surface area contributed by atoms with E-state index in [2.05, 4.69) is 0 Å². The van der Waals surface area contributed by atoms with Crippen LogP contribution < -0.4 is 5.43 Å². The first-order valence-electron chi connectivity index (χ1n) is 11.0. The zero-order valence-electron chi connectivity index (χ0n) is 18.5. The maximum absolute atomic E-state index is 13.1. The lowest BCUT2D eigenvalue weighted by Gasteiger charge is -2.36. The van der Waals surface area contributed by atoms with Crippen molar-refractivity contribution >= 4 is 22.6 Å². The van der Waals surface area contributed by atoms with Crippen molar-refractivity contribution in [2.75, 3.05) is 6.61 Å². The van der Waals surface area contributed by atoms with Crippen molar-refractivity contribution < 1.29 is 33.8 Å². The molecule has 3 aromatic rings. The molecule has 0 radical (unpaired) electrons. The fourth-order valence-corrected chi connectivity index (χ4v) is 4.00. The van der Waals surface area contributed by atoms with Gasteiger partial charge in [0.1, 0.15) is 17.6 Å². The standard InChI is InChI=1S/C25H23NO9/c27-20-8-5-4-7-17(20)24-15(6-2-1-3-9-22(28)29)13-34-25(35-24)19-14-33-21-11-10-16(26(31)32)12-18(21)23(19)30/h1-2,4-5,7-8,10-12,14-15,24-25,27H,3,6,9,13H2,(H,28,29)/b2-1-/t15-,24+,25?/m1/s1. The van der Waals surface area contributed by atoms with Gasteiger partial charge in [-0.25, -0.2) is 0 Å². The number of ether oxygens (including phenoxy) is 2. The topological polar surface area (TPSA) is 149 Å². The van der Waals surface area contributed by atoms with Crippen LogP contribution in [0, 0.1) is 16.0 Å². The van der Waals surface area contributed by atoms with Crippen LogP contribution in [0.15, 0.2) is 70.1 Å². The van der Waals surface area contributed by atoms with Crippen LogP contribution in [-0.2, 0) is 14.3 Å². The summed E-state index contributed by atoms with van der Waals surface area (Å²) in [5.74, 6) is -1.08. The van der Waals surface area contributed by atoms with Crippen LogP contribution >= 0.6 is 0 Å². The summed E-state index contributed by atoms with van der Waals surface area (Å²) in [4.78, 5) is 34.4. The fraction of sp³-hybridized carbons (Fsp3) is 0.280. The molecule has 1 unspecified atom stereocenters. The Bertz CT molecular complexity index is 1330. The first-order chi connectivity index (χ1) is 16.8. The Labute approximate surface area is 199 Å². The molecule has 0 aliphatic carbocycles. The van der Waals surface area contributed by atoms with Gasteiger partial charge in [0.25, 0.3) is 5.69 Å². The highest BCUT2D eigenvalue weighted by Gasteiger charge is 2.36. The van der Waals surface area contributed by atoms with Crippen molar-refractivity contribution in [2.24, 2.45) is 5.92 Å². The van der Waals surface area contributed by atoms with E-state index in [9.17, 15) is 24.8 Å². The van der Waals surface area contributed by atoms with E-state index in [0.717, 1.165) is 6.07 Å². The Balaban J connectivity index is 1.62. The Morgan fingerprint density at radius 3 is 2.71 bits per heavy atom. The number of aliphatic carboxylic acids is 1. The molecular formula is C25H23NO9. The third kappa shape index (κ3) is 5.39. The highest BCUT2D eigenvalue weighted by Crippen LogP contribution is 2.42. The second-order valence-corrected chi connectivity index (χ2v) is 8.14. The Hall–Kier alpha value is -4.02. The summed E-state index contributed by atoms with van der Waals surface area (Å²) in [6.45, 7) is 0.180. The lowest BCUT2D eigenvalue weighted by Crippen LogP contribution is -2.32. The van der Waals surface area contributed by atoms with Crippen LogP contribution in [-0.4, -0.2) is 27.7 Å². The van der Waals surface area contributed by atoms with Gasteiger partial charge in [0.2, 0.25) is 5.43 Å². The molecule has 1 aromatic heterocycles. The number of non-ortho nitro benzene ring substituents is 1.